The molecule has 15 heavy (non-hydrogen) atoms. The van der Waals surface area contributed by atoms with Crippen LogP contribution in [0.5, 0.6) is 0 Å². The first kappa shape index (κ1) is 11.6. The third-order valence-electron chi connectivity index (χ3n) is 2.13. The van der Waals surface area contributed by atoms with Gasteiger partial charge >= 0.3 is 0 Å². The summed E-state index contributed by atoms with van der Waals surface area (Å²) < 4.78 is 0. The van der Waals surface area contributed by atoms with Crippen LogP contribution in [0, 0.1) is 0 Å². The van der Waals surface area contributed by atoms with Crippen LogP contribution in [0.3, 0.4) is 0 Å². The Hall–Kier alpha value is -1.48. The molecule has 0 aliphatic carbocycles. The van der Waals surface area contributed by atoms with E-state index in [2.05, 4.69) is 5.32 Å². The number of rotatable bonds is 3. The van der Waals surface area contributed by atoms with Gasteiger partial charge in [0.1, 0.15) is 0 Å². The predicted molar refractivity (Wildman–Crippen MR) is 62.3 cm³/mol. The summed E-state index contributed by atoms with van der Waals surface area (Å²) in [6.45, 7) is 1.80. The minimum atomic E-state index is -0.454. The van der Waals surface area contributed by atoms with Crippen LogP contribution < -0.4 is 11.1 Å². The largest absolute Gasteiger partial charge is 0.391 e. The van der Waals surface area contributed by atoms with E-state index in [4.69, 9.17) is 17.3 Å². The van der Waals surface area contributed by atoms with Gasteiger partial charge in [-0.3, -0.25) is 4.79 Å². The van der Waals surface area contributed by atoms with Crippen molar-refractivity contribution in [1.29, 1.82) is 0 Å². The van der Waals surface area contributed by atoms with Gasteiger partial charge in [-0.2, -0.15) is 0 Å². The second-order valence-corrected chi connectivity index (χ2v) is 3.56. The molecule has 0 saturated heterocycles. The van der Waals surface area contributed by atoms with Gasteiger partial charge in [0.15, 0.2) is 0 Å². The Balaban J connectivity index is 3.23. The summed E-state index contributed by atoms with van der Waals surface area (Å²) >= 11 is 5.76. The molecular formula is C11H13ClN2O. The summed E-state index contributed by atoms with van der Waals surface area (Å²) in [6, 6.07) is 6.98. The molecule has 0 spiro atoms. The Morgan fingerprint density at radius 1 is 1.33 bits per heavy atom. The minimum Gasteiger partial charge on any atom is -0.391 e. The Kier molecular flexibility index (Phi) is 3.74. The van der Waals surface area contributed by atoms with Gasteiger partial charge in [-0.1, -0.05) is 23.7 Å². The normalized spacial score (nSPS) is 11.9. The molecule has 1 aromatic carbocycles. The lowest BCUT2D eigenvalue weighted by Crippen LogP contribution is -2.18. The maximum Gasteiger partial charge on any atom is 0.251 e. The fourth-order valence-corrected chi connectivity index (χ4v) is 1.41. The molecule has 1 rings (SSSR count). The Bertz CT molecular complexity index is 396. The van der Waals surface area contributed by atoms with Gasteiger partial charge < -0.3 is 11.1 Å². The lowest BCUT2D eigenvalue weighted by molar-refractivity contribution is -0.112. The Morgan fingerprint density at radius 2 is 1.87 bits per heavy atom. The first-order valence-corrected chi connectivity index (χ1v) is 4.88. The van der Waals surface area contributed by atoms with Gasteiger partial charge in [-0.05, 0) is 24.6 Å². The molecular weight excluding hydrogens is 212 g/mol. The van der Waals surface area contributed by atoms with E-state index < -0.39 is 5.91 Å². The summed E-state index contributed by atoms with van der Waals surface area (Å²) in [5, 5.41) is 3.53. The molecule has 3 N–H and O–H groups in total. The zero-order chi connectivity index (χ0) is 11.4. The van der Waals surface area contributed by atoms with Gasteiger partial charge in [-0.15, -0.1) is 0 Å². The third kappa shape index (κ3) is 2.73. The maximum absolute atomic E-state index is 11.3. The molecule has 0 aromatic heterocycles. The summed E-state index contributed by atoms with van der Waals surface area (Å²) in [5.41, 5.74) is 7.30. The van der Waals surface area contributed by atoms with Crippen molar-refractivity contribution in [2.24, 2.45) is 5.73 Å². The average Bonchev–Trinajstić information content (AvgIpc) is 2.20. The van der Waals surface area contributed by atoms with E-state index in [1.807, 2.05) is 0 Å². The monoisotopic (exact) mass is 224 g/mol. The summed E-state index contributed by atoms with van der Waals surface area (Å²) in [7, 11) is 1.74. The molecule has 4 heteroatoms. The number of halogens is 1. The number of nitrogens with one attached hydrogen (secondary N) is 1. The number of amides is 1. The number of benzene rings is 1. The van der Waals surface area contributed by atoms with Crippen molar-refractivity contribution in [1.82, 2.24) is 5.32 Å². The smallest absolute Gasteiger partial charge is 0.251 e. The topological polar surface area (TPSA) is 55.1 Å². The number of carbonyl (C=O) groups excluding carboxylic acids is 1. The highest BCUT2D eigenvalue weighted by Gasteiger charge is 2.11. The van der Waals surface area contributed by atoms with Crippen molar-refractivity contribution in [3.8, 4) is 0 Å². The van der Waals surface area contributed by atoms with E-state index in [0.717, 1.165) is 11.3 Å². The fraction of sp³-hybridized carbons (Fsp3) is 0.182. The molecule has 0 aliphatic rings. The number of allylic oxidation sites excluding steroid dienone is 1. The fourth-order valence-electron chi connectivity index (χ4n) is 1.29. The van der Waals surface area contributed by atoms with Crippen LogP contribution in [-0.4, -0.2) is 13.0 Å². The number of carbonyl (C=O) groups is 1. The molecule has 0 bridgehead atoms. The summed E-state index contributed by atoms with van der Waals surface area (Å²) in [6.07, 6.45) is 0. The third-order valence-corrected chi connectivity index (χ3v) is 2.38. The van der Waals surface area contributed by atoms with Crippen molar-refractivity contribution in [2.75, 3.05) is 7.05 Å². The molecule has 0 saturated carbocycles. The standard InChI is InChI=1S/C11H13ClN2O/c1-7(14-2)10(11(13)15)8-3-5-9(12)6-4-8/h3-6,14H,1-2H3,(H2,13,15)/b10-7+. The second kappa shape index (κ2) is 4.84. The molecule has 0 heterocycles. The zero-order valence-electron chi connectivity index (χ0n) is 8.67. The van der Waals surface area contributed by atoms with Crippen LogP contribution in [0.15, 0.2) is 30.0 Å². The molecule has 0 atom stereocenters. The van der Waals surface area contributed by atoms with Crippen LogP contribution in [0.25, 0.3) is 5.57 Å². The molecule has 0 radical (unpaired) electrons. The zero-order valence-corrected chi connectivity index (χ0v) is 9.43. The van der Waals surface area contributed by atoms with Crippen LogP contribution in [0.4, 0.5) is 0 Å². The number of hydrogen-bond acceptors (Lipinski definition) is 2. The average molecular weight is 225 g/mol. The maximum atomic E-state index is 11.3. The van der Waals surface area contributed by atoms with E-state index in [0.29, 0.717) is 10.6 Å². The van der Waals surface area contributed by atoms with E-state index in [-0.39, 0.29) is 0 Å². The second-order valence-electron chi connectivity index (χ2n) is 3.12. The first-order valence-electron chi connectivity index (χ1n) is 4.50. The van der Waals surface area contributed by atoms with Gasteiger partial charge in [0.25, 0.3) is 5.91 Å². The van der Waals surface area contributed by atoms with Gasteiger partial charge in [0.2, 0.25) is 0 Å². The lowest BCUT2D eigenvalue weighted by Gasteiger charge is -2.08. The van der Waals surface area contributed by atoms with Gasteiger partial charge in [0.05, 0.1) is 5.57 Å². The van der Waals surface area contributed by atoms with E-state index in [1.165, 1.54) is 0 Å². The molecule has 1 amide bonds. The Morgan fingerprint density at radius 3 is 2.27 bits per heavy atom. The molecule has 0 unspecified atom stereocenters. The van der Waals surface area contributed by atoms with Gasteiger partial charge in [0, 0.05) is 17.8 Å². The minimum absolute atomic E-state index is 0.454. The van der Waals surface area contributed by atoms with Crippen LogP contribution in [-0.2, 0) is 4.79 Å². The van der Waals surface area contributed by atoms with Crippen molar-refractivity contribution in [3.63, 3.8) is 0 Å². The highest BCUT2D eigenvalue weighted by molar-refractivity contribution is 6.30. The number of nitrogens with two attached hydrogens (primary N) is 1. The van der Waals surface area contributed by atoms with Crippen LogP contribution in [0.2, 0.25) is 5.02 Å². The van der Waals surface area contributed by atoms with Crippen molar-refractivity contribution >= 4 is 23.1 Å². The summed E-state index contributed by atoms with van der Waals surface area (Å²) in [4.78, 5) is 11.3. The highest BCUT2D eigenvalue weighted by Crippen LogP contribution is 2.19. The number of hydrogen-bond donors (Lipinski definition) is 2. The van der Waals surface area contributed by atoms with Gasteiger partial charge in [-0.25, -0.2) is 0 Å². The molecule has 0 aliphatic heterocycles. The molecule has 0 fully saturated rings. The lowest BCUT2D eigenvalue weighted by atomic mass is 10.0. The SMILES string of the molecule is CN/C(C)=C(/C(N)=O)c1ccc(Cl)cc1. The van der Waals surface area contributed by atoms with Crippen molar-refractivity contribution in [2.45, 2.75) is 6.92 Å². The van der Waals surface area contributed by atoms with Crippen molar-refractivity contribution in [3.05, 3.63) is 40.5 Å². The van der Waals surface area contributed by atoms with E-state index >= 15 is 0 Å². The summed E-state index contributed by atoms with van der Waals surface area (Å²) in [5.74, 6) is -0.454. The predicted octanol–water partition coefficient (Wildman–Crippen LogP) is 1.78. The quantitative estimate of drug-likeness (QED) is 0.769. The Labute approximate surface area is 93.9 Å². The van der Waals surface area contributed by atoms with Crippen molar-refractivity contribution < 1.29 is 4.79 Å². The van der Waals surface area contributed by atoms with Crippen LogP contribution >= 0.6 is 11.6 Å². The highest BCUT2D eigenvalue weighted by atomic mass is 35.5. The molecule has 3 nitrogen and oxygen atoms in total. The molecule has 80 valence electrons. The number of primary amides is 1. The molecule has 1 aromatic rings. The first-order chi connectivity index (χ1) is 7.06. The van der Waals surface area contributed by atoms with E-state index in [9.17, 15) is 4.79 Å². The van der Waals surface area contributed by atoms with Crippen LogP contribution in [0.1, 0.15) is 12.5 Å². The van der Waals surface area contributed by atoms with E-state index in [1.54, 1.807) is 38.2 Å².